The van der Waals surface area contributed by atoms with Gasteiger partial charge < -0.3 is 16.8 Å². The molecule has 2 unspecified atom stereocenters. The topological polar surface area (TPSA) is 118 Å². The van der Waals surface area contributed by atoms with Crippen molar-refractivity contribution in [2.24, 2.45) is 5.92 Å². The first-order valence-corrected chi connectivity index (χ1v) is 8.38. The zero-order valence-corrected chi connectivity index (χ0v) is 18.1. The van der Waals surface area contributed by atoms with Crippen LogP contribution in [0.5, 0.6) is 0 Å². The molecule has 7 nitrogen and oxygen atoms in total. The number of carboxylic acid groups (broad SMARTS) is 1. The van der Waals surface area contributed by atoms with Crippen molar-refractivity contribution >= 4 is 22.1 Å². The van der Waals surface area contributed by atoms with Crippen molar-refractivity contribution < 1.29 is 83.8 Å². The Morgan fingerprint density at radius 1 is 1.35 bits per heavy atom. The Morgan fingerprint density at radius 3 is 2.13 bits per heavy atom. The quantitative estimate of drug-likeness (QED) is 0.185. The molecule has 2 N–H and O–H groups in total. The molecule has 0 saturated heterocycles. The summed E-state index contributed by atoms with van der Waals surface area (Å²) in [6.07, 6.45) is 5.16. The van der Waals surface area contributed by atoms with Gasteiger partial charge in [0.25, 0.3) is 0 Å². The second-order valence-electron chi connectivity index (χ2n) is 4.63. The molecule has 0 heterocycles. The van der Waals surface area contributed by atoms with Gasteiger partial charge in [0.1, 0.15) is 6.61 Å². The van der Waals surface area contributed by atoms with Crippen LogP contribution in [-0.4, -0.2) is 41.9 Å². The monoisotopic (exact) mass is 376 g/mol. The van der Waals surface area contributed by atoms with Gasteiger partial charge in [-0.2, -0.15) is 0 Å². The van der Waals surface area contributed by atoms with Gasteiger partial charge in [-0.3, -0.25) is 9.35 Å². The number of hydrogen-bond donors (Lipinski definition) is 2. The fraction of sp³-hybridized carbons (Fsp3) is 0.643. The number of allylic oxidation sites excluding steroid dienone is 1. The summed E-state index contributed by atoms with van der Waals surface area (Å²) in [6, 6.07) is 0. The molecule has 0 amide bonds. The molecule has 0 radical (unpaired) electrons. The van der Waals surface area contributed by atoms with E-state index in [4.69, 9.17) is 14.4 Å². The fourth-order valence-electron chi connectivity index (χ4n) is 1.10. The number of rotatable bonds is 8. The van der Waals surface area contributed by atoms with Gasteiger partial charge in [0.15, 0.2) is 0 Å². The standard InChI is InChI=1S/C11H18O4.C3H7O3S.K/c1-3-5-7-9(11(13)14)8-15-10(12)6-4-2;1-3(2)7(4,5)6;/h4,6,9H,3,5,7-8H2,1-2H3,(H,13,14);3H,1H2,2H3,(H,4,5,6);/q;-1;+1. The molecule has 0 aliphatic heterocycles. The van der Waals surface area contributed by atoms with Crippen molar-refractivity contribution in [1.82, 2.24) is 0 Å². The molecule has 0 aromatic rings. The van der Waals surface area contributed by atoms with E-state index in [0.29, 0.717) is 6.42 Å². The fourth-order valence-corrected chi connectivity index (χ4v) is 1.10. The van der Waals surface area contributed by atoms with Crippen LogP contribution in [0.3, 0.4) is 0 Å². The number of unbranched alkanes of at least 4 members (excludes halogenated alkanes) is 1. The van der Waals surface area contributed by atoms with E-state index in [2.05, 4.69) is 6.92 Å². The van der Waals surface area contributed by atoms with Gasteiger partial charge in [0.2, 0.25) is 10.1 Å². The third-order valence-electron chi connectivity index (χ3n) is 2.49. The van der Waals surface area contributed by atoms with Gasteiger partial charge in [0, 0.05) is 6.08 Å². The van der Waals surface area contributed by atoms with Crippen LogP contribution in [-0.2, 0) is 24.4 Å². The molecule has 9 heteroatoms. The van der Waals surface area contributed by atoms with E-state index in [1.165, 1.54) is 13.0 Å². The van der Waals surface area contributed by atoms with Gasteiger partial charge in [-0.25, -0.2) is 13.2 Å². The molecule has 2 atom stereocenters. The summed E-state index contributed by atoms with van der Waals surface area (Å²) in [7, 11) is -3.85. The van der Waals surface area contributed by atoms with Crippen LogP contribution in [0, 0.1) is 12.8 Å². The molecule has 130 valence electrons. The first kappa shape index (κ1) is 28.0. The minimum Gasteiger partial charge on any atom is -0.481 e. The van der Waals surface area contributed by atoms with E-state index >= 15 is 0 Å². The van der Waals surface area contributed by atoms with Crippen molar-refractivity contribution in [3.8, 4) is 0 Å². The predicted molar refractivity (Wildman–Crippen MR) is 82.8 cm³/mol. The molecule has 0 rings (SSSR count). The number of esters is 1. The minimum absolute atomic E-state index is 0. The first-order valence-electron chi connectivity index (χ1n) is 6.87. The maximum atomic E-state index is 10.9. The van der Waals surface area contributed by atoms with Crippen LogP contribution in [0.4, 0.5) is 0 Å². The van der Waals surface area contributed by atoms with Crippen LogP contribution in [0.15, 0.2) is 12.2 Å². The second-order valence-corrected chi connectivity index (χ2v) is 6.47. The molecular formula is C14H25KO7S. The zero-order valence-electron chi connectivity index (χ0n) is 14.2. The average molecular weight is 377 g/mol. The third-order valence-corrected chi connectivity index (χ3v) is 3.51. The largest absolute Gasteiger partial charge is 1.00 e. The van der Waals surface area contributed by atoms with Crippen molar-refractivity contribution in [1.29, 1.82) is 0 Å². The van der Waals surface area contributed by atoms with E-state index in [-0.39, 0.29) is 58.0 Å². The normalized spacial score (nSPS) is 13.3. The van der Waals surface area contributed by atoms with Crippen LogP contribution in [0.1, 0.15) is 40.0 Å². The summed E-state index contributed by atoms with van der Waals surface area (Å²) in [6.45, 7) is 8.02. The molecule has 0 fully saturated rings. The van der Waals surface area contributed by atoms with Gasteiger partial charge in [-0.05, 0) is 18.6 Å². The molecule has 0 aliphatic rings. The predicted octanol–water partition coefficient (Wildman–Crippen LogP) is -0.903. The Labute approximate surface area is 181 Å². The zero-order chi connectivity index (χ0) is 17.8. The average Bonchev–Trinajstić information content (AvgIpc) is 2.38. The van der Waals surface area contributed by atoms with E-state index in [9.17, 15) is 18.0 Å². The van der Waals surface area contributed by atoms with Crippen LogP contribution in [0.25, 0.3) is 0 Å². The summed E-state index contributed by atoms with van der Waals surface area (Å²) in [4.78, 5) is 21.7. The smallest absolute Gasteiger partial charge is 0.481 e. The molecule has 0 aromatic carbocycles. The van der Waals surface area contributed by atoms with Gasteiger partial charge >= 0.3 is 63.3 Å². The number of hydrogen-bond acceptors (Lipinski definition) is 5. The van der Waals surface area contributed by atoms with E-state index < -0.39 is 33.2 Å². The summed E-state index contributed by atoms with van der Waals surface area (Å²) < 4.78 is 32.4. The van der Waals surface area contributed by atoms with Crippen molar-refractivity contribution in [3.05, 3.63) is 19.1 Å². The van der Waals surface area contributed by atoms with E-state index in [1.807, 2.05) is 6.92 Å². The van der Waals surface area contributed by atoms with Gasteiger partial charge in [0.05, 0.1) is 5.92 Å². The third kappa shape index (κ3) is 18.4. The number of aliphatic carboxylic acids is 1. The molecule has 0 saturated carbocycles. The Hall–Kier alpha value is 0.226. The van der Waals surface area contributed by atoms with Crippen molar-refractivity contribution in [3.63, 3.8) is 0 Å². The van der Waals surface area contributed by atoms with Crippen LogP contribution in [0.2, 0.25) is 0 Å². The number of ether oxygens (including phenoxy) is 1. The second kappa shape index (κ2) is 15.7. The van der Waals surface area contributed by atoms with Crippen molar-refractivity contribution in [2.45, 2.75) is 45.3 Å². The molecule has 0 bridgehead atoms. The molecule has 0 spiro atoms. The van der Waals surface area contributed by atoms with Gasteiger partial charge in [-0.15, -0.1) is 0 Å². The Bertz CT molecular complexity index is 458. The van der Waals surface area contributed by atoms with Crippen LogP contribution < -0.4 is 51.4 Å². The minimum atomic E-state index is -3.85. The summed E-state index contributed by atoms with van der Waals surface area (Å²) in [5.41, 5.74) is 0. The van der Waals surface area contributed by atoms with Crippen LogP contribution >= 0.6 is 0 Å². The number of carbonyl (C=O) groups excluding carboxylic acids is 1. The molecule has 23 heavy (non-hydrogen) atoms. The van der Waals surface area contributed by atoms with E-state index in [0.717, 1.165) is 12.8 Å². The SMILES string of the molecule is CC=CC(=O)OCC(CCCC)C(=O)O.[CH2-]C(C)S(=O)(=O)O.[K+]. The number of carbonyl (C=O) groups is 2. The Balaban J connectivity index is -0.000000425. The summed E-state index contributed by atoms with van der Waals surface area (Å²) in [5, 5.41) is 7.91. The maximum absolute atomic E-state index is 10.9. The summed E-state index contributed by atoms with van der Waals surface area (Å²) >= 11 is 0. The molecule has 0 aliphatic carbocycles. The Morgan fingerprint density at radius 2 is 1.83 bits per heavy atom. The maximum Gasteiger partial charge on any atom is 1.00 e. The van der Waals surface area contributed by atoms with Gasteiger partial charge in [-0.1, -0.05) is 32.8 Å². The first-order chi connectivity index (χ1) is 10.1. The number of carboxylic acids is 1. The van der Waals surface area contributed by atoms with Crippen molar-refractivity contribution in [2.75, 3.05) is 6.61 Å². The molecular weight excluding hydrogens is 351 g/mol. The molecule has 0 aromatic heterocycles. The Kier molecular flexibility index (Phi) is 19.2. The van der Waals surface area contributed by atoms with E-state index in [1.54, 1.807) is 13.0 Å². The summed E-state index contributed by atoms with van der Waals surface area (Å²) in [5.74, 6) is -1.98.